The van der Waals surface area contributed by atoms with Crippen molar-refractivity contribution < 1.29 is 14.3 Å². The molecule has 12 heteroatoms. The summed E-state index contributed by atoms with van der Waals surface area (Å²) < 4.78 is 6.97. The maximum Gasteiger partial charge on any atom is 0.409 e. The number of thioether (sulfide) groups is 1. The second-order valence-corrected chi connectivity index (χ2v) is 9.56. The summed E-state index contributed by atoms with van der Waals surface area (Å²) >= 11 is 9.09. The molecule has 0 aliphatic carbocycles. The molecule has 0 spiro atoms. The van der Waals surface area contributed by atoms with E-state index < -0.39 is 0 Å². The Kier molecular flexibility index (Phi) is 7.51. The highest BCUT2D eigenvalue weighted by Crippen LogP contribution is 2.27. The van der Waals surface area contributed by atoms with Crippen LogP contribution in [0.15, 0.2) is 34.8 Å². The van der Waals surface area contributed by atoms with Gasteiger partial charge in [0.1, 0.15) is 16.5 Å². The first kappa shape index (κ1) is 23.5. The van der Waals surface area contributed by atoms with Gasteiger partial charge in [0.25, 0.3) is 5.91 Å². The Morgan fingerprint density at radius 2 is 1.94 bits per heavy atom. The minimum absolute atomic E-state index is 0.121. The number of nitrogens with zero attached hydrogens (tertiary/aromatic N) is 6. The van der Waals surface area contributed by atoms with Crippen molar-refractivity contribution in [1.29, 1.82) is 0 Å². The van der Waals surface area contributed by atoms with E-state index in [1.54, 1.807) is 22.1 Å². The maximum atomic E-state index is 12.9. The molecule has 3 aromatic rings. The number of carbonyl (C=O) groups is 2. The van der Waals surface area contributed by atoms with Gasteiger partial charge in [-0.25, -0.2) is 9.78 Å². The number of halogens is 1. The van der Waals surface area contributed by atoms with Gasteiger partial charge in [0, 0.05) is 36.6 Å². The Labute approximate surface area is 204 Å². The topological polar surface area (TPSA) is 93.5 Å². The summed E-state index contributed by atoms with van der Waals surface area (Å²) in [6.07, 6.45) is -0.335. The average Bonchev–Trinajstić information content (AvgIpc) is 3.44. The molecule has 3 heterocycles. The Balaban J connectivity index is 1.37. The van der Waals surface area contributed by atoms with E-state index in [2.05, 4.69) is 15.2 Å². The highest BCUT2D eigenvalue weighted by Gasteiger charge is 2.26. The average molecular weight is 507 g/mol. The zero-order valence-electron chi connectivity index (χ0n) is 18.2. The quantitative estimate of drug-likeness (QED) is 0.468. The molecular formula is C21H23ClN6O3S2. The number of hydrogen-bond acceptors (Lipinski definition) is 8. The molecule has 33 heavy (non-hydrogen) atoms. The summed E-state index contributed by atoms with van der Waals surface area (Å²) in [5.41, 5.74) is 1.32. The van der Waals surface area contributed by atoms with Crippen molar-refractivity contribution >= 4 is 46.7 Å². The van der Waals surface area contributed by atoms with Crippen molar-refractivity contribution in [3.63, 3.8) is 0 Å². The Hall–Kier alpha value is -2.63. The lowest BCUT2D eigenvalue weighted by atomic mass is 10.3. The molecule has 0 bridgehead atoms. The first-order chi connectivity index (χ1) is 16.0. The highest BCUT2D eigenvalue weighted by molar-refractivity contribution is 7.98. The number of aryl methyl sites for hydroxylation is 1. The molecule has 0 saturated carbocycles. The van der Waals surface area contributed by atoms with Crippen molar-refractivity contribution in [3.8, 4) is 5.69 Å². The van der Waals surface area contributed by atoms with E-state index in [0.29, 0.717) is 49.3 Å². The van der Waals surface area contributed by atoms with Gasteiger partial charge in [0.2, 0.25) is 0 Å². The predicted octanol–water partition coefficient (Wildman–Crippen LogP) is 3.89. The van der Waals surface area contributed by atoms with Crippen LogP contribution >= 0.6 is 34.7 Å². The van der Waals surface area contributed by atoms with Crippen LogP contribution in [-0.2, 0) is 10.5 Å². The molecule has 0 atom stereocenters. The second-order valence-electron chi connectivity index (χ2n) is 7.24. The lowest BCUT2D eigenvalue weighted by Gasteiger charge is -2.33. The molecule has 1 aliphatic heterocycles. The number of benzene rings is 1. The third kappa shape index (κ3) is 5.48. The number of aromatic nitrogens is 4. The Morgan fingerprint density at radius 1 is 1.18 bits per heavy atom. The van der Waals surface area contributed by atoms with E-state index in [1.807, 2.05) is 35.8 Å². The third-order valence-corrected chi connectivity index (χ3v) is 7.26. The number of ether oxygens (including phenoxy) is 1. The van der Waals surface area contributed by atoms with Crippen LogP contribution in [0.3, 0.4) is 0 Å². The first-order valence-corrected chi connectivity index (χ1v) is 12.7. The highest BCUT2D eigenvalue weighted by atomic mass is 35.5. The van der Waals surface area contributed by atoms with E-state index >= 15 is 0 Å². The van der Waals surface area contributed by atoms with Gasteiger partial charge in [0.05, 0.1) is 18.0 Å². The lowest BCUT2D eigenvalue weighted by molar-refractivity contribution is 0.0566. The molecule has 4 rings (SSSR count). The number of piperazine rings is 1. The van der Waals surface area contributed by atoms with Gasteiger partial charge < -0.3 is 14.5 Å². The second kappa shape index (κ2) is 10.5. The van der Waals surface area contributed by atoms with Crippen molar-refractivity contribution in [1.82, 2.24) is 29.5 Å². The van der Waals surface area contributed by atoms with Crippen LogP contribution in [0, 0.1) is 6.92 Å². The van der Waals surface area contributed by atoms with Gasteiger partial charge in [-0.2, -0.15) is 0 Å². The van der Waals surface area contributed by atoms with Gasteiger partial charge in [-0.1, -0.05) is 29.4 Å². The Bertz CT molecular complexity index is 1140. The van der Waals surface area contributed by atoms with Gasteiger partial charge in [-0.3, -0.25) is 9.36 Å². The fourth-order valence-electron chi connectivity index (χ4n) is 3.42. The predicted molar refractivity (Wildman–Crippen MR) is 127 cm³/mol. The minimum atomic E-state index is -0.335. The molecule has 1 aromatic carbocycles. The number of hydrogen-bond donors (Lipinski definition) is 0. The summed E-state index contributed by atoms with van der Waals surface area (Å²) in [5, 5.41) is 12.5. The summed E-state index contributed by atoms with van der Waals surface area (Å²) in [6, 6.07) is 7.52. The minimum Gasteiger partial charge on any atom is -0.450 e. The van der Waals surface area contributed by atoms with E-state index in [9.17, 15) is 9.59 Å². The smallest absolute Gasteiger partial charge is 0.409 e. The molecule has 2 aromatic heterocycles. The van der Waals surface area contributed by atoms with E-state index in [1.165, 1.54) is 23.1 Å². The maximum absolute atomic E-state index is 12.9. The van der Waals surface area contributed by atoms with Crippen LogP contribution in [0.25, 0.3) is 5.69 Å². The first-order valence-electron chi connectivity index (χ1n) is 10.4. The zero-order valence-corrected chi connectivity index (χ0v) is 20.6. The molecule has 1 fully saturated rings. The van der Waals surface area contributed by atoms with Crippen molar-refractivity contribution in [3.05, 3.63) is 51.2 Å². The zero-order chi connectivity index (χ0) is 23.4. The molecule has 0 N–H and O–H groups in total. The molecule has 174 valence electrons. The largest absolute Gasteiger partial charge is 0.450 e. The summed E-state index contributed by atoms with van der Waals surface area (Å²) in [6.45, 7) is 5.83. The molecule has 0 unspecified atom stereocenters. The van der Waals surface area contributed by atoms with Crippen molar-refractivity contribution in [2.24, 2.45) is 0 Å². The standard InChI is InChI=1S/C21H23ClN6O3S2/c1-3-31-21(30)27-9-7-26(8-10-27)19(29)17-12-32-18(23-17)13-33-20-25-24-14(2)28(20)16-6-4-5-15(22)11-16/h4-6,11-12H,3,7-10,13H2,1-2H3. The molecular weight excluding hydrogens is 484 g/mol. The van der Waals surface area contributed by atoms with Gasteiger partial charge in [-0.15, -0.1) is 21.5 Å². The van der Waals surface area contributed by atoms with Crippen LogP contribution in [0.1, 0.15) is 28.2 Å². The van der Waals surface area contributed by atoms with Crippen molar-refractivity contribution in [2.45, 2.75) is 24.8 Å². The van der Waals surface area contributed by atoms with Crippen molar-refractivity contribution in [2.75, 3.05) is 32.8 Å². The summed E-state index contributed by atoms with van der Waals surface area (Å²) in [7, 11) is 0. The molecule has 9 nitrogen and oxygen atoms in total. The number of carbonyl (C=O) groups excluding carboxylic acids is 2. The Morgan fingerprint density at radius 3 is 2.67 bits per heavy atom. The van der Waals surface area contributed by atoms with Crippen LogP contribution < -0.4 is 0 Å². The third-order valence-electron chi connectivity index (χ3n) is 5.05. The molecule has 2 amide bonds. The summed E-state index contributed by atoms with van der Waals surface area (Å²) in [4.78, 5) is 32.6. The lowest BCUT2D eigenvalue weighted by Crippen LogP contribution is -2.50. The van der Waals surface area contributed by atoms with E-state index in [-0.39, 0.29) is 12.0 Å². The fourth-order valence-corrected chi connectivity index (χ4v) is 5.39. The fraction of sp³-hybridized carbons (Fsp3) is 0.381. The van der Waals surface area contributed by atoms with Gasteiger partial charge in [0.15, 0.2) is 5.16 Å². The van der Waals surface area contributed by atoms with Crippen LogP contribution in [-0.4, -0.2) is 74.3 Å². The van der Waals surface area contributed by atoms with Crippen LogP contribution in [0.4, 0.5) is 4.79 Å². The van der Waals surface area contributed by atoms with E-state index in [0.717, 1.165) is 21.7 Å². The normalized spacial score (nSPS) is 13.9. The monoisotopic (exact) mass is 506 g/mol. The number of rotatable bonds is 6. The van der Waals surface area contributed by atoms with Gasteiger partial charge >= 0.3 is 6.09 Å². The summed E-state index contributed by atoms with van der Waals surface area (Å²) in [5.74, 6) is 1.20. The number of amides is 2. The van der Waals surface area contributed by atoms with Crippen LogP contribution in [0.2, 0.25) is 5.02 Å². The SMILES string of the molecule is CCOC(=O)N1CCN(C(=O)c2csc(CSc3nnc(C)n3-c3cccc(Cl)c3)n2)CC1. The molecule has 1 saturated heterocycles. The van der Waals surface area contributed by atoms with Crippen LogP contribution in [0.5, 0.6) is 0 Å². The molecule has 1 aliphatic rings. The molecule has 0 radical (unpaired) electrons. The van der Waals surface area contributed by atoms with E-state index in [4.69, 9.17) is 16.3 Å². The number of thiazole rings is 1. The van der Waals surface area contributed by atoms with Gasteiger partial charge in [-0.05, 0) is 32.0 Å².